The van der Waals surface area contributed by atoms with Gasteiger partial charge in [0.05, 0.1) is 25.3 Å². The van der Waals surface area contributed by atoms with Gasteiger partial charge in [-0.15, -0.1) is 24.0 Å². The minimum Gasteiger partial charge on any atom is -0.357 e. The molecule has 0 unspecified atom stereocenters. The Morgan fingerprint density at radius 3 is 2.52 bits per heavy atom. The van der Waals surface area contributed by atoms with Crippen molar-refractivity contribution in [1.29, 1.82) is 0 Å². The summed E-state index contributed by atoms with van der Waals surface area (Å²) in [6.07, 6.45) is 5.57. The fraction of sp³-hybridized carbons (Fsp3) is 0.250. The molecule has 6 nitrogen and oxygen atoms in total. The van der Waals surface area contributed by atoms with Crippen LogP contribution >= 0.6 is 24.0 Å². The summed E-state index contributed by atoms with van der Waals surface area (Å²) in [6.45, 7) is 4.86. The van der Waals surface area contributed by atoms with Gasteiger partial charge < -0.3 is 10.6 Å². The maximum Gasteiger partial charge on any atom is 0.191 e. The molecular weight excluding hydrogens is 451 g/mol. The molecule has 0 radical (unpaired) electrons. The Hall–Kier alpha value is -2.42. The molecule has 0 aliphatic carbocycles. The quantitative estimate of drug-likeness (QED) is 0.312. The highest BCUT2D eigenvalue weighted by Gasteiger charge is 2.04. The van der Waals surface area contributed by atoms with Gasteiger partial charge in [0.2, 0.25) is 0 Å². The zero-order valence-electron chi connectivity index (χ0n) is 15.4. The average Bonchev–Trinajstić information content (AvgIpc) is 3.19. The van der Waals surface area contributed by atoms with Gasteiger partial charge in [0.15, 0.2) is 5.96 Å². The molecule has 0 aliphatic rings. The molecule has 3 rings (SSSR count). The van der Waals surface area contributed by atoms with Gasteiger partial charge in [0.1, 0.15) is 0 Å². The van der Waals surface area contributed by atoms with E-state index in [1.54, 1.807) is 12.4 Å². The molecule has 7 heteroatoms. The number of benzene rings is 1. The highest BCUT2D eigenvalue weighted by Crippen LogP contribution is 2.11. The van der Waals surface area contributed by atoms with Gasteiger partial charge in [-0.05, 0) is 36.2 Å². The summed E-state index contributed by atoms with van der Waals surface area (Å²) in [5.41, 5.74) is 3.40. The van der Waals surface area contributed by atoms with Crippen LogP contribution < -0.4 is 10.6 Å². The minimum atomic E-state index is 0. The average molecular weight is 476 g/mol. The third kappa shape index (κ3) is 6.67. The van der Waals surface area contributed by atoms with E-state index in [0.717, 1.165) is 24.7 Å². The van der Waals surface area contributed by atoms with Gasteiger partial charge in [-0.3, -0.25) is 9.67 Å². The van der Waals surface area contributed by atoms with E-state index in [2.05, 4.69) is 45.8 Å². The van der Waals surface area contributed by atoms with Crippen LogP contribution in [-0.2, 0) is 19.6 Å². The molecule has 0 spiro atoms. The van der Waals surface area contributed by atoms with Crippen LogP contribution in [0.5, 0.6) is 0 Å². The van der Waals surface area contributed by atoms with Crippen molar-refractivity contribution in [2.75, 3.05) is 6.54 Å². The number of nitrogens with one attached hydrogen (secondary N) is 2. The molecule has 27 heavy (non-hydrogen) atoms. The Morgan fingerprint density at radius 2 is 1.81 bits per heavy atom. The van der Waals surface area contributed by atoms with Crippen LogP contribution in [0.1, 0.15) is 23.7 Å². The monoisotopic (exact) mass is 476 g/mol. The molecule has 3 aromatic rings. The Labute approximate surface area is 177 Å². The third-order valence-electron chi connectivity index (χ3n) is 3.92. The van der Waals surface area contributed by atoms with E-state index in [0.29, 0.717) is 13.1 Å². The van der Waals surface area contributed by atoms with Crippen molar-refractivity contribution in [3.63, 3.8) is 0 Å². The van der Waals surface area contributed by atoms with E-state index in [-0.39, 0.29) is 24.0 Å². The number of aromatic nitrogens is 3. The Balaban J connectivity index is 0.00000261. The Kier molecular flexibility index (Phi) is 8.76. The SMILES string of the molecule is CCNC(=NCc1ccccc1Cn1cccn1)NCc1ccccn1.I. The number of rotatable bonds is 7. The first-order chi connectivity index (χ1) is 12.8. The number of guanidine groups is 1. The van der Waals surface area contributed by atoms with Crippen LogP contribution in [0.4, 0.5) is 0 Å². The summed E-state index contributed by atoms with van der Waals surface area (Å²) >= 11 is 0. The van der Waals surface area contributed by atoms with E-state index in [1.807, 2.05) is 41.2 Å². The number of nitrogens with zero attached hydrogens (tertiary/aromatic N) is 4. The zero-order valence-corrected chi connectivity index (χ0v) is 17.7. The first kappa shape index (κ1) is 20.9. The molecule has 2 N–H and O–H groups in total. The van der Waals surface area contributed by atoms with Crippen LogP contribution in [0.25, 0.3) is 0 Å². The molecule has 1 aromatic carbocycles. The van der Waals surface area contributed by atoms with Crippen LogP contribution in [0, 0.1) is 0 Å². The van der Waals surface area contributed by atoms with Crippen molar-refractivity contribution >= 4 is 29.9 Å². The molecule has 2 heterocycles. The summed E-state index contributed by atoms with van der Waals surface area (Å²) in [5.74, 6) is 0.784. The molecule has 0 saturated carbocycles. The zero-order chi connectivity index (χ0) is 18.0. The van der Waals surface area contributed by atoms with Gasteiger partial charge in [0.25, 0.3) is 0 Å². The number of aliphatic imine (C=N–C) groups is 1. The number of hydrogen-bond acceptors (Lipinski definition) is 3. The van der Waals surface area contributed by atoms with Crippen LogP contribution in [0.3, 0.4) is 0 Å². The lowest BCUT2D eigenvalue weighted by Crippen LogP contribution is -2.37. The van der Waals surface area contributed by atoms with Gasteiger partial charge >= 0.3 is 0 Å². The summed E-state index contributed by atoms with van der Waals surface area (Å²) < 4.78 is 1.92. The van der Waals surface area contributed by atoms with Crippen LogP contribution in [0.2, 0.25) is 0 Å². The van der Waals surface area contributed by atoms with E-state index >= 15 is 0 Å². The number of halogens is 1. The van der Waals surface area contributed by atoms with E-state index in [4.69, 9.17) is 4.99 Å². The lowest BCUT2D eigenvalue weighted by molar-refractivity contribution is 0.680. The fourth-order valence-electron chi connectivity index (χ4n) is 2.62. The molecule has 0 aliphatic heterocycles. The van der Waals surface area contributed by atoms with Gasteiger partial charge in [-0.25, -0.2) is 4.99 Å². The van der Waals surface area contributed by atoms with Crippen molar-refractivity contribution in [3.05, 3.63) is 83.9 Å². The summed E-state index contributed by atoms with van der Waals surface area (Å²) in [5, 5.41) is 10.9. The normalized spacial score (nSPS) is 10.9. The third-order valence-corrected chi connectivity index (χ3v) is 3.92. The van der Waals surface area contributed by atoms with Crippen molar-refractivity contribution in [2.24, 2.45) is 4.99 Å². The van der Waals surface area contributed by atoms with Crippen LogP contribution in [0.15, 0.2) is 72.1 Å². The Bertz CT molecular complexity index is 818. The topological polar surface area (TPSA) is 67.1 Å². The molecule has 142 valence electrons. The van der Waals surface area contributed by atoms with Crippen molar-refractivity contribution in [2.45, 2.75) is 26.6 Å². The second-order valence-electron chi connectivity index (χ2n) is 5.84. The molecule has 0 atom stereocenters. The highest BCUT2D eigenvalue weighted by atomic mass is 127. The molecule has 0 bridgehead atoms. The Morgan fingerprint density at radius 1 is 1.00 bits per heavy atom. The smallest absolute Gasteiger partial charge is 0.191 e. The highest BCUT2D eigenvalue weighted by molar-refractivity contribution is 14.0. The predicted molar refractivity (Wildman–Crippen MR) is 119 cm³/mol. The first-order valence-corrected chi connectivity index (χ1v) is 8.81. The van der Waals surface area contributed by atoms with Crippen molar-refractivity contribution < 1.29 is 0 Å². The van der Waals surface area contributed by atoms with E-state index in [1.165, 1.54) is 11.1 Å². The molecule has 2 aromatic heterocycles. The maximum atomic E-state index is 4.73. The summed E-state index contributed by atoms with van der Waals surface area (Å²) in [6, 6.07) is 16.2. The molecule has 0 amide bonds. The molecule has 0 fully saturated rings. The van der Waals surface area contributed by atoms with Gasteiger partial charge in [-0.2, -0.15) is 5.10 Å². The first-order valence-electron chi connectivity index (χ1n) is 8.81. The fourth-order valence-corrected chi connectivity index (χ4v) is 2.62. The van der Waals surface area contributed by atoms with Crippen LogP contribution in [-0.4, -0.2) is 27.3 Å². The van der Waals surface area contributed by atoms with E-state index < -0.39 is 0 Å². The lowest BCUT2D eigenvalue weighted by Gasteiger charge is -2.12. The molecular formula is C20H25IN6. The summed E-state index contributed by atoms with van der Waals surface area (Å²) in [7, 11) is 0. The minimum absolute atomic E-state index is 0. The second kappa shape index (κ2) is 11.3. The van der Waals surface area contributed by atoms with Gasteiger partial charge in [-0.1, -0.05) is 30.3 Å². The standard InChI is InChI=1S/C20H24N6.HI/c1-2-21-20(24-15-19-10-5-6-11-22-19)23-14-17-8-3-4-9-18(17)16-26-13-7-12-25-26;/h3-13H,2,14-16H2,1H3,(H2,21,23,24);1H. The number of pyridine rings is 1. The maximum absolute atomic E-state index is 4.73. The molecule has 0 saturated heterocycles. The largest absolute Gasteiger partial charge is 0.357 e. The number of hydrogen-bond donors (Lipinski definition) is 2. The van der Waals surface area contributed by atoms with E-state index in [9.17, 15) is 0 Å². The second-order valence-corrected chi connectivity index (χ2v) is 5.84. The summed E-state index contributed by atoms with van der Waals surface area (Å²) in [4.78, 5) is 9.06. The van der Waals surface area contributed by atoms with Gasteiger partial charge in [0, 0.05) is 25.1 Å². The van der Waals surface area contributed by atoms with Crippen molar-refractivity contribution in [3.8, 4) is 0 Å². The lowest BCUT2D eigenvalue weighted by atomic mass is 10.1. The van der Waals surface area contributed by atoms with Crippen molar-refractivity contribution in [1.82, 2.24) is 25.4 Å². The predicted octanol–water partition coefficient (Wildman–Crippen LogP) is 3.20.